The van der Waals surface area contributed by atoms with E-state index in [2.05, 4.69) is 11.3 Å². The molecule has 0 fully saturated rings. The van der Waals surface area contributed by atoms with Crippen molar-refractivity contribution in [3.05, 3.63) is 12.7 Å². The molecule has 3 unspecified atom stereocenters. The molecule has 0 aliphatic heterocycles. The van der Waals surface area contributed by atoms with E-state index in [0.717, 1.165) is 16.9 Å². The zero-order valence-corrected chi connectivity index (χ0v) is 10.9. The molecule has 0 aliphatic rings. The van der Waals surface area contributed by atoms with E-state index in [9.17, 15) is 14.4 Å². The molecule has 16 heavy (non-hydrogen) atoms. The van der Waals surface area contributed by atoms with Crippen molar-refractivity contribution in [2.75, 3.05) is 6.61 Å². The Balaban J connectivity index is 4.59. The first-order chi connectivity index (χ1) is 7.40. The summed E-state index contributed by atoms with van der Waals surface area (Å²) in [5.74, 6) is -4.87. The average Bonchev–Trinajstić information content (AvgIpc) is 2.12. The molecule has 0 saturated carbocycles. The molecule has 0 amide bonds. The molecule has 0 aliphatic carbocycles. The van der Waals surface area contributed by atoms with Crippen LogP contribution in [0.2, 0.25) is 4.71 Å². The Bertz CT molecular complexity index is 300. The number of ether oxygens (including phenoxy) is 1. The van der Waals surface area contributed by atoms with E-state index in [1.54, 1.807) is 0 Å². The van der Waals surface area contributed by atoms with Gasteiger partial charge in [-0.15, -0.1) is 0 Å². The Morgan fingerprint density at radius 1 is 1.38 bits per heavy atom. The van der Waals surface area contributed by atoms with Gasteiger partial charge in [0.25, 0.3) is 0 Å². The van der Waals surface area contributed by atoms with Gasteiger partial charge >= 0.3 is 100 Å². The maximum absolute atomic E-state index is 11.3. The van der Waals surface area contributed by atoms with Crippen LogP contribution in [0.5, 0.6) is 0 Å². The van der Waals surface area contributed by atoms with E-state index in [4.69, 9.17) is 10.2 Å². The summed E-state index contributed by atoms with van der Waals surface area (Å²) in [6.45, 7) is 3.23. The van der Waals surface area contributed by atoms with Crippen LogP contribution in [0, 0.1) is 5.92 Å². The van der Waals surface area contributed by atoms with Crippen LogP contribution in [0.25, 0.3) is 0 Å². The minimum absolute atomic E-state index is 0.0879. The van der Waals surface area contributed by atoms with Gasteiger partial charge in [-0.25, -0.2) is 0 Å². The zero-order valence-electron chi connectivity index (χ0n) is 8.46. The number of aliphatic carboxylic acids is 2. The van der Waals surface area contributed by atoms with Crippen molar-refractivity contribution in [2.24, 2.45) is 5.92 Å². The molecule has 0 heterocycles. The molecule has 0 aromatic heterocycles. The second-order valence-corrected chi connectivity index (χ2v) is 4.79. The van der Waals surface area contributed by atoms with Crippen LogP contribution in [0.3, 0.4) is 0 Å². The molecule has 0 saturated heterocycles. The molecule has 90 valence electrons. The van der Waals surface area contributed by atoms with Crippen LogP contribution in [-0.2, 0) is 19.1 Å². The molecule has 6 nitrogen and oxygen atoms in total. The number of hydrogen-bond donors (Lipinski definition) is 2. The molecule has 3 atom stereocenters. The monoisotopic (exact) mass is 292 g/mol. The molecular formula is C9H13AsO6. The molecular weight excluding hydrogens is 279 g/mol. The Morgan fingerprint density at radius 2 is 1.94 bits per heavy atom. The van der Waals surface area contributed by atoms with E-state index in [1.165, 1.54) is 6.08 Å². The van der Waals surface area contributed by atoms with Gasteiger partial charge < -0.3 is 0 Å². The predicted octanol–water partition coefficient (Wildman–Crippen LogP) is -0.687. The molecule has 0 radical (unpaired) electrons. The number of carbonyl (C=O) groups excluding carboxylic acids is 1. The molecule has 2 N–H and O–H groups in total. The van der Waals surface area contributed by atoms with Crippen LogP contribution >= 0.6 is 0 Å². The first-order valence-corrected chi connectivity index (χ1v) is 5.77. The van der Waals surface area contributed by atoms with Crippen molar-refractivity contribution in [2.45, 2.75) is 11.1 Å². The van der Waals surface area contributed by atoms with E-state index in [1.807, 2.05) is 0 Å². The van der Waals surface area contributed by atoms with Gasteiger partial charge in [0.1, 0.15) is 0 Å². The Labute approximate surface area is 101 Å². The van der Waals surface area contributed by atoms with Crippen molar-refractivity contribution in [3.8, 4) is 0 Å². The van der Waals surface area contributed by atoms with E-state index < -0.39 is 28.5 Å². The normalized spacial score (nSPS) is 13.6. The number of rotatable bonds is 7. The standard InChI is InChI=1S/C9H13AsO6/c1-2-3-16-9(15)7(8(13)14)5(10)4-6(11)12/h2,5,7H,1,3-4,10H2,(H,11,12)(H,13,14). The van der Waals surface area contributed by atoms with E-state index in [-0.39, 0.29) is 13.0 Å². The first-order valence-electron chi connectivity index (χ1n) is 4.37. The maximum atomic E-state index is 11.3. The number of esters is 1. The van der Waals surface area contributed by atoms with Gasteiger partial charge in [-0.2, -0.15) is 0 Å². The van der Waals surface area contributed by atoms with Crippen LogP contribution < -0.4 is 0 Å². The quantitative estimate of drug-likeness (QED) is 0.279. The van der Waals surface area contributed by atoms with E-state index >= 15 is 0 Å². The van der Waals surface area contributed by atoms with Gasteiger partial charge in [-0.05, 0) is 0 Å². The SMILES string of the molecule is C=CCOC(=O)C(C(=O)O)C([AsH2])CC(=O)O. The van der Waals surface area contributed by atoms with Crippen LogP contribution in [0.4, 0.5) is 0 Å². The summed E-state index contributed by atoms with van der Waals surface area (Å²) >= 11 is 0.886. The van der Waals surface area contributed by atoms with Gasteiger partial charge in [-0.1, -0.05) is 0 Å². The number of carboxylic acid groups (broad SMARTS) is 2. The fourth-order valence-corrected chi connectivity index (χ4v) is 2.11. The van der Waals surface area contributed by atoms with Crippen molar-refractivity contribution < 1.29 is 29.3 Å². The fraction of sp³-hybridized carbons (Fsp3) is 0.444. The Morgan fingerprint density at radius 3 is 2.31 bits per heavy atom. The van der Waals surface area contributed by atoms with Gasteiger partial charge in [0.15, 0.2) is 0 Å². The van der Waals surface area contributed by atoms with Crippen molar-refractivity contribution in [3.63, 3.8) is 0 Å². The predicted molar refractivity (Wildman–Crippen MR) is 56.8 cm³/mol. The van der Waals surface area contributed by atoms with E-state index in [0.29, 0.717) is 0 Å². The van der Waals surface area contributed by atoms with Crippen molar-refractivity contribution >= 4 is 34.8 Å². The summed E-state index contributed by atoms with van der Waals surface area (Å²) in [6, 6.07) is 0. The fourth-order valence-electron chi connectivity index (χ4n) is 1.01. The van der Waals surface area contributed by atoms with Gasteiger partial charge in [-0.3, -0.25) is 0 Å². The average molecular weight is 292 g/mol. The number of hydrogen-bond acceptors (Lipinski definition) is 4. The van der Waals surface area contributed by atoms with Crippen LogP contribution in [0.1, 0.15) is 6.42 Å². The summed E-state index contributed by atoms with van der Waals surface area (Å²) in [7, 11) is 0. The number of carbonyl (C=O) groups is 3. The Kier molecular flexibility index (Phi) is 6.49. The summed E-state index contributed by atoms with van der Waals surface area (Å²) in [4.78, 5) is 32.6. The van der Waals surface area contributed by atoms with Crippen molar-refractivity contribution in [1.82, 2.24) is 0 Å². The molecule has 7 heteroatoms. The topological polar surface area (TPSA) is 101 Å². The minimum atomic E-state index is -1.43. The van der Waals surface area contributed by atoms with Crippen LogP contribution in [-0.4, -0.2) is 51.6 Å². The third-order valence-corrected chi connectivity index (χ3v) is 3.00. The van der Waals surface area contributed by atoms with Crippen molar-refractivity contribution in [1.29, 1.82) is 0 Å². The summed E-state index contributed by atoms with van der Waals surface area (Å²) < 4.78 is 3.83. The summed E-state index contributed by atoms with van der Waals surface area (Å²) in [5, 5.41) is 17.3. The molecule has 0 rings (SSSR count). The first kappa shape index (κ1) is 14.7. The van der Waals surface area contributed by atoms with Crippen LogP contribution in [0.15, 0.2) is 12.7 Å². The van der Waals surface area contributed by atoms with Gasteiger partial charge in [0.2, 0.25) is 0 Å². The zero-order chi connectivity index (χ0) is 12.7. The summed E-state index contributed by atoms with van der Waals surface area (Å²) in [6.07, 6.45) is 0.934. The number of carboxylic acids is 2. The molecule has 0 aromatic carbocycles. The third kappa shape index (κ3) is 4.98. The molecule has 0 spiro atoms. The second-order valence-electron chi connectivity index (χ2n) is 3.00. The third-order valence-electron chi connectivity index (χ3n) is 1.70. The molecule has 0 aromatic rings. The Hall–Kier alpha value is -1.29. The second kappa shape index (κ2) is 7.06. The van der Waals surface area contributed by atoms with Gasteiger partial charge in [0.05, 0.1) is 0 Å². The summed E-state index contributed by atoms with van der Waals surface area (Å²) in [5.41, 5.74) is 0. The molecule has 0 bridgehead atoms. The van der Waals surface area contributed by atoms with Gasteiger partial charge in [0, 0.05) is 0 Å².